The SMILES string of the molecule is COc1cccc(-c2nccnc2[C@H]2CCCN(C(=O)c3ccncc3)C2)c1. The van der Waals surface area contributed by atoms with Crippen LogP contribution < -0.4 is 4.74 Å². The number of nitrogens with zero attached hydrogens (tertiary/aromatic N) is 4. The maximum absolute atomic E-state index is 12.9. The summed E-state index contributed by atoms with van der Waals surface area (Å²) in [5.41, 5.74) is 3.43. The summed E-state index contributed by atoms with van der Waals surface area (Å²) in [5, 5.41) is 0. The Morgan fingerprint density at radius 3 is 2.75 bits per heavy atom. The highest BCUT2D eigenvalue weighted by molar-refractivity contribution is 5.94. The zero-order valence-corrected chi connectivity index (χ0v) is 15.8. The normalized spacial score (nSPS) is 16.6. The van der Waals surface area contributed by atoms with Gasteiger partial charge in [0, 0.05) is 54.9 Å². The Kier molecular flexibility index (Phi) is 5.28. The largest absolute Gasteiger partial charge is 0.497 e. The fourth-order valence-corrected chi connectivity index (χ4v) is 3.70. The predicted molar refractivity (Wildman–Crippen MR) is 106 cm³/mol. The molecule has 0 N–H and O–H groups in total. The minimum absolute atomic E-state index is 0.0407. The predicted octanol–water partition coefficient (Wildman–Crippen LogP) is 3.57. The van der Waals surface area contributed by atoms with Crippen molar-refractivity contribution in [1.82, 2.24) is 19.9 Å². The second kappa shape index (κ2) is 8.17. The molecule has 6 heteroatoms. The van der Waals surface area contributed by atoms with E-state index in [2.05, 4.69) is 15.0 Å². The van der Waals surface area contributed by atoms with Crippen molar-refractivity contribution in [2.75, 3.05) is 20.2 Å². The average molecular weight is 374 g/mol. The number of ether oxygens (including phenoxy) is 1. The zero-order valence-electron chi connectivity index (χ0n) is 15.8. The van der Waals surface area contributed by atoms with Crippen LogP contribution in [0, 0.1) is 0 Å². The smallest absolute Gasteiger partial charge is 0.253 e. The zero-order chi connectivity index (χ0) is 19.3. The first-order valence-corrected chi connectivity index (χ1v) is 9.41. The molecule has 1 atom stereocenters. The molecule has 3 heterocycles. The van der Waals surface area contributed by atoms with Crippen molar-refractivity contribution < 1.29 is 9.53 Å². The number of hydrogen-bond acceptors (Lipinski definition) is 5. The van der Waals surface area contributed by atoms with Gasteiger partial charge in [0.2, 0.25) is 0 Å². The first kappa shape index (κ1) is 18.1. The molecule has 1 aliphatic heterocycles. The molecule has 0 radical (unpaired) electrons. The number of aromatic nitrogens is 3. The Hall–Kier alpha value is -3.28. The van der Waals surface area contributed by atoms with Crippen LogP contribution in [-0.2, 0) is 0 Å². The molecule has 0 spiro atoms. The third kappa shape index (κ3) is 3.71. The molecule has 3 aromatic rings. The molecule has 6 nitrogen and oxygen atoms in total. The minimum Gasteiger partial charge on any atom is -0.497 e. The van der Waals surface area contributed by atoms with Crippen LogP contribution in [0.4, 0.5) is 0 Å². The number of methoxy groups -OCH3 is 1. The van der Waals surface area contributed by atoms with Gasteiger partial charge in [0.15, 0.2) is 0 Å². The number of rotatable bonds is 4. The van der Waals surface area contributed by atoms with E-state index in [-0.39, 0.29) is 11.8 Å². The first-order valence-electron chi connectivity index (χ1n) is 9.41. The van der Waals surface area contributed by atoms with Crippen LogP contribution in [0.5, 0.6) is 5.75 Å². The van der Waals surface area contributed by atoms with Gasteiger partial charge >= 0.3 is 0 Å². The van der Waals surface area contributed by atoms with Crippen LogP contribution >= 0.6 is 0 Å². The van der Waals surface area contributed by atoms with E-state index in [4.69, 9.17) is 4.74 Å². The van der Waals surface area contributed by atoms with E-state index in [1.807, 2.05) is 29.2 Å². The number of hydrogen-bond donors (Lipinski definition) is 0. The fourth-order valence-electron chi connectivity index (χ4n) is 3.70. The maximum atomic E-state index is 12.9. The van der Waals surface area contributed by atoms with Crippen molar-refractivity contribution in [3.05, 3.63) is 72.4 Å². The molecular formula is C22H22N4O2. The second-order valence-electron chi connectivity index (χ2n) is 6.85. The molecule has 4 rings (SSSR count). The van der Waals surface area contributed by atoms with Gasteiger partial charge in [-0.2, -0.15) is 0 Å². The van der Waals surface area contributed by atoms with Gasteiger partial charge in [-0.05, 0) is 37.1 Å². The Bertz CT molecular complexity index is 962. The van der Waals surface area contributed by atoms with E-state index in [1.165, 1.54) is 0 Å². The lowest BCUT2D eigenvalue weighted by atomic mass is 9.91. The summed E-state index contributed by atoms with van der Waals surface area (Å²) in [7, 11) is 1.65. The minimum atomic E-state index is 0.0407. The molecule has 1 amide bonds. The third-order valence-corrected chi connectivity index (χ3v) is 5.09. The van der Waals surface area contributed by atoms with Gasteiger partial charge in [-0.3, -0.25) is 19.7 Å². The number of benzene rings is 1. The maximum Gasteiger partial charge on any atom is 0.253 e. The number of carbonyl (C=O) groups excluding carboxylic acids is 1. The molecule has 0 saturated carbocycles. The summed E-state index contributed by atoms with van der Waals surface area (Å²) in [6.45, 7) is 1.39. The first-order chi connectivity index (χ1) is 13.8. The van der Waals surface area contributed by atoms with Crippen molar-refractivity contribution in [3.8, 4) is 17.0 Å². The van der Waals surface area contributed by atoms with E-state index in [0.29, 0.717) is 12.1 Å². The van der Waals surface area contributed by atoms with E-state index >= 15 is 0 Å². The quantitative estimate of drug-likeness (QED) is 0.698. The van der Waals surface area contributed by atoms with Crippen LogP contribution in [0.15, 0.2) is 61.2 Å². The van der Waals surface area contributed by atoms with Crippen LogP contribution in [0.3, 0.4) is 0 Å². The number of carbonyl (C=O) groups is 1. The van der Waals surface area contributed by atoms with Crippen LogP contribution in [0.25, 0.3) is 11.3 Å². The van der Waals surface area contributed by atoms with E-state index in [1.54, 1.807) is 44.0 Å². The van der Waals surface area contributed by atoms with E-state index in [9.17, 15) is 4.79 Å². The fraction of sp³-hybridized carbons (Fsp3) is 0.273. The molecule has 0 unspecified atom stereocenters. The summed E-state index contributed by atoms with van der Waals surface area (Å²) in [6.07, 6.45) is 8.66. The van der Waals surface area contributed by atoms with Gasteiger partial charge in [-0.25, -0.2) is 0 Å². The molecule has 1 saturated heterocycles. The number of amides is 1. The standard InChI is InChI=1S/C22H22N4O2/c1-28-19-6-2-4-17(14-19)20-21(25-12-11-24-20)18-5-3-13-26(15-18)22(27)16-7-9-23-10-8-16/h2,4,6-12,14,18H,3,5,13,15H2,1H3/t18-/m0/s1. The molecule has 0 bridgehead atoms. The molecule has 142 valence electrons. The Balaban J connectivity index is 1.62. The van der Waals surface area contributed by atoms with Gasteiger partial charge in [-0.15, -0.1) is 0 Å². The topological polar surface area (TPSA) is 68.2 Å². The molecule has 2 aromatic heterocycles. The van der Waals surface area contributed by atoms with Crippen molar-refractivity contribution in [1.29, 1.82) is 0 Å². The summed E-state index contributed by atoms with van der Waals surface area (Å²) >= 11 is 0. The molecule has 1 aromatic carbocycles. The van der Waals surface area contributed by atoms with Gasteiger partial charge in [-0.1, -0.05) is 12.1 Å². The molecular weight excluding hydrogens is 352 g/mol. The number of piperidine rings is 1. The van der Waals surface area contributed by atoms with Gasteiger partial charge in [0.25, 0.3) is 5.91 Å². The monoisotopic (exact) mass is 374 g/mol. The van der Waals surface area contributed by atoms with Crippen molar-refractivity contribution in [2.45, 2.75) is 18.8 Å². The molecule has 1 fully saturated rings. The number of pyridine rings is 1. The molecule has 0 aliphatic carbocycles. The van der Waals surface area contributed by atoms with Crippen molar-refractivity contribution >= 4 is 5.91 Å². The highest BCUT2D eigenvalue weighted by Crippen LogP contribution is 2.33. The van der Waals surface area contributed by atoms with Crippen LogP contribution in [0.2, 0.25) is 0 Å². The van der Waals surface area contributed by atoms with Gasteiger partial charge in [0.1, 0.15) is 5.75 Å². The molecule has 1 aliphatic rings. The second-order valence-corrected chi connectivity index (χ2v) is 6.85. The summed E-state index contributed by atoms with van der Waals surface area (Å²) in [5.74, 6) is 0.973. The summed E-state index contributed by atoms with van der Waals surface area (Å²) in [6, 6.07) is 11.4. The lowest BCUT2D eigenvalue weighted by Crippen LogP contribution is -2.39. The van der Waals surface area contributed by atoms with E-state index < -0.39 is 0 Å². The summed E-state index contributed by atoms with van der Waals surface area (Å²) in [4.78, 5) is 28.0. The lowest BCUT2D eigenvalue weighted by molar-refractivity contribution is 0.0706. The molecule has 28 heavy (non-hydrogen) atoms. The van der Waals surface area contributed by atoms with Crippen LogP contribution in [0.1, 0.15) is 34.8 Å². The van der Waals surface area contributed by atoms with Crippen LogP contribution in [-0.4, -0.2) is 46.0 Å². The Labute approximate surface area is 164 Å². The van der Waals surface area contributed by atoms with Crippen molar-refractivity contribution in [2.24, 2.45) is 0 Å². The summed E-state index contributed by atoms with van der Waals surface area (Å²) < 4.78 is 5.35. The highest BCUT2D eigenvalue weighted by Gasteiger charge is 2.28. The van der Waals surface area contributed by atoms with E-state index in [0.717, 1.165) is 42.1 Å². The van der Waals surface area contributed by atoms with Gasteiger partial charge < -0.3 is 9.64 Å². The van der Waals surface area contributed by atoms with Gasteiger partial charge in [0.05, 0.1) is 18.5 Å². The van der Waals surface area contributed by atoms with Crippen molar-refractivity contribution in [3.63, 3.8) is 0 Å². The Morgan fingerprint density at radius 1 is 1.11 bits per heavy atom. The lowest BCUT2D eigenvalue weighted by Gasteiger charge is -2.33. The number of likely N-dealkylation sites (tertiary alicyclic amines) is 1. The average Bonchev–Trinajstić information content (AvgIpc) is 2.79. The Morgan fingerprint density at radius 2 is 1.93 bits per heavy atom. The third-order valence-electron chi connectivity index (χ3n) is 5.09. The highest BCUT2D eigenvalue weighted by atomic mass is 16.5.